The van der Waals surface area contributed by atoms with Crippen molar-refractivity contribution in [3.05, 3.63) is 11.8 Å². The molecule has 0 atom stereocenters. The van der Waals surface area contributed by atoms with Crippen molar-refractivity contribution < 1.29 is 4.74 Å². The van der Waals surface area contributed by atoms with E-state index in [4.69, 9.17) is 4.74 Å². The summed E-state index contributed by atoms with van der Waals surface area (Å²) in [5.41, 5.74) is 0. The highest BCUT2D eigenvalue weighted by molar-refractivity contribution is 4.97. The van der Waals surface area contributed by atoms with Crippen LogP contribution in [0, 0.1) is 0 Å². The van der Waals surface area contributed by atoms with Crippen LogP contribution < -0.4 is 5.32 Å². The second kappa shape index (κ2) is 4.39. The predicted molar refractivity (Wildman–Crippen MR) is 46.4 cm³/mol. The van der Waals surface area contributed by atoms with Crippen molar-refractivity contribution in [1.82, 2.24) is 5.32 Å². The predicted octanol–water partition coefficient (Wildman–Crippen LogP) is 1.68. The van der Waals surface area contributed by atoms with Crippen molar-refractivity contribution in [2.45, 2.75) is 32.7 Å². The molecular weight excluding hydrogens is 138 g/mol. The molecule has 0 aromatic heterocycles. The van der Waals surface area contributed by atoms with Crippen LogP contribution in [0.4, 0.5) is 0 Å². The Kier molecular flexibility index (Phi) is 3.43. The van der Waals surface area contributed by atoms with E-state index in [2.05, 4.69) is 25.2 Å². The minimum absolute atomic E-state index is 0.543. The van der Waals surface area contributed by atoms with Gasteiger partial charge >= 0.3 is 0 Å². The molecule has 0 fully saturated rings. The molecule has 0 bridgehead atoms. The minimum atomic E-state index is 0.543. The zero-order valence-corrected chi connectivity index (χ0v) is 7.39. The van der Waals surface area contributed by atoms with Crippen LogP contribution in [-0.2, 0) is 4.74 Å². The SMILES string of the molecule is CC(C)NCC1=CCCCO1. The van der Waals surface area contributed by atoms with Gasteiger partial charge in [0.05, 0.1) is 13.2 Å². The number of nitrogens with one attached hydrogen (secondary N) is 1. The first-order valence-corrected chi connectivity index (χ1v) is 4.34. The highest BCUT2D eigenvalue weighted by Crippen LogP contribution is 2.08. The molecule has 0 aromatic carbocycles. The third-order valence-corrected chi connectivity index (χ3v) is 1.69. The van der Waals surface area contributed by atoms with Gasteiger partial charge in [-0.2, -0.15) is 0 Å². The number of hydrogen-bond acceptors (Lipinski definition) is 2. The van der Waals surface area contributed by atoms with Crippen LogP contribution in [0.1, 0.15) is 26.7 Å². The standard InChI is InChI=1S/C9H17NO/c1-8(2)10-7-9-5-3-4-6-11-9/h5,8,10H,3-4,6-7H2,1-2H3. The fraction of sp³-hybridized carbons (Fsp3) is 0.778. The Labute approximate surface area is 68.6 Å². The van der Waals surface area contributed by atoms with Gasteiger partial charge < -0.3 is 10.1 Å². The van der Waals surface area contributed by atoms with E-state index in [0.29, 0.717) is 6.04 Å². The maximum absolute atomic E-state index is 5.43. The maximum atomic E-state index is 5.43. The van der Waals surface area contributed by atoms with Crippen LogP contribution in [0.2, 0.25) is 0 Å². The first-order valence-electron chi connectivity index (χ1n) is 4.34. The highest BCUT2D eigenvalue weighted by atomic mass is 16.5. The summed E-state index contributed by atoms with van der Waals surface area (Å²) in [6.45, 7) is 6.07. The normalized spacial score (nSPS) is 17.9. The number of allylic oxidation sites excluding steroid dienone is 1. The molecule has 0 radical (unpaired) electrons. The van der Waals surface area contributed by atoms with Gasteiger partial charge in [-0.05, 0) is 18.9 Å². The van der Waals surface area contributed by atoms with E-state index < -0.39 is 0 Å². The summed E-state index contributed by atoms with van der Waals surface area (Å²) in [4.78, 5) is 0. The van der Waals surface area contributed by atoms with Crippen molar-refractivity contribution in [2.75, 3.05) is 13.2 Å². The Bertz CT molecular complexity index is 140. The van der Waals surface area contributed by atoms with Crippen molar-refractivity contribution >= 4 is 0 Å². The lowest BCUT2D eigenvalue weighted by Crippen LogP contribution is -2.26. The molecule has 1 rings (SSSR count). The fourth-order valence-corrected chi connectivity index (χ4v) is 1.04. The number of ether oxygens (including phenoxy) is 1. The first kappa shape index (κ1) is 8.60. The summed E-state index contributed by atoms with van der Waals surface area (Å²) in [5.74, 6) is 1.12. The second-order valence-corrected chi connectivity index (χ2v) is 3.20. The quantitative estimate of drug-likeness (QED) is 0.669. The average Bonchev–Trinajstić information content (AvgIpc) is 2.03. The third-order valence-electron chi connectivity index (χ3n) is 1.69. The van der Waals surface area contributed by atoms with E-state index in [9.17, 15) is 0 Å². The Hall–Kier alpha value is -0.500. The van der Waals surface area contributed by atoms with Crippen LogP contribution in [0.15, 0.2) is 11.8 Å². The molecule has 1 aliphatic heterocycles. The van der Waals surface area contributed by atoms with Crippen molar-refractivity contribution in [3.63, 3.8) is 0 Å². The smallest absolute Gasteiger partial charge is 0.106 e. The first-order chi connectivity index (χ1) is 5.29. The van der Waals surface area contributed by atoms with Gasteiger partial charge in [0, 0.05) is 6.04 Å². The zero-order chi connectivity index (χ0) is 8.10. The van der Waals surface area contributed by atoms with Crippen LogP contribution >= 0.6 is 0 Å². The molecule has 0 aliphatic carbocycles. The molecule has 0 spiro atoms. The van der Waals surface area contributed by atoms with E-state index in [0.717, 1.165) is 18.9 Å². The molecule has 2 nitrogen and oxygen atoms in total. The van der Waals surface area contributed by atoms with Gasteiger partial charge in [0.1, 0.15) is 5.76 Å². The fourth-order valence-electron chi connectivity index (χ4n) is 1.04. The lowest BCUT2D eigenvalue weighted by atomic mass is 10.2. The van der Waals surface area contributed by atoms with Gasteiger partial charge in [-0.15, -0.1) is 0 Å². The van der Waals surface area contributed by atoms with Crippen LogP contribution in [0.25, 0.3) is 0 Å². The van der Waals surface area contributed by atoms with Gasteiger partial charge in [0.2, 0.25) is 0 Å². The monoisotopic (exact) mass is 155 g/mol. The summed E-state index contributed by atoms with van der Waals surface area (Å²) in [6.07, 6.45) is 4.53. The van der Waals surface area contributed by atoms with Crippen LogP contribution in [0.5, 0.6) is 0 Å². The summed E-state index contributed by atoms with van der Waals surface area (Å²) in [5, 5.41) is 3.32. The second-order valence-electron chi connectivity index (χ2n) is 3.20. The third kappa shape index (κ3) is 3.42. The summed E-state index contributed by atoms with van der Waals surface area (Å²) in [7, 11) is 0. The topological polar surface area (TPSA) is 21.3 Å². The molecule has 2 heteroatoms. The summed E-state index contributed by atoms with van der Waals surface area (Å²) >= 11 is 0. The van der Waals surface area contributed by atoms with Gasteiger partial charge in [0.15, 0.2) is 0 Å². The summed E-state index contributed by atoms with van der Waals surface area (Å²) in [6, 6.07) is 0.543. The lowest BCUT2D eigenvalue weighted by Gasteiger charge is -2.16. The molecule has 0 amide bonds. The minimum Gasteiger partial charge on any atom is -0.497 e. The average molecular weight is 155 g/mol. The Morgan fingerprint density at radius 1 is 1.64 bits per heavy atom. The molecular formula is C9H17NO. The molecule has 0 aromatic rings. The molecule has 1 N–H and O–H groups in total. The molecule has 0 saturated heterocycles. The summed E-state index contributed by atoms with van der Waals surface area (Å²) < 4.78 is 5.43. The Morgan fingerprint density at radius 3 is 3.00 bits per heavy atom. The Balaban J connectivity index is 2.19. The molecule has 0 unspecified atom stereocenters. The number of hydrogen-bond donors (Lipinski definition) is 1. The van der Waals surface area contributed by atoms with Crippen LogP contribution in [0.3, 0.4) is 0 Å². The van der Waals surface area contributed by atoms with Gasteiger partial charge in [0.25, 0.3) is 0 Å². The molecule has 0 saturated carbocycles. The highest BCUT2D eigenvalue weighted by Gasteiger charge is 2.03. The van der Waals surface area contributed by atoms with Crippen LogP contribution in [-0.4, -0.2) is 19.2 Å². The molecule has 1 aliphatic rings. The van der Waals surface area contributed by atoms with Gasteiger partial charge in [-0.1, -0.05) is 13.8 Å². The molecule has 1 heterocycles. The van der Waals surface area contributed by atoms with Crippen molar-refractivity contribution in [3.8, 4) is 0 Å². The van der Waals surface area contributed by atoms with Gasteiger partial charge in [-0.25, -0.2) is 0 Å². The van der Waals surface area contributed by atoms with E-state index in [-0.39, 0.29) is 0 Å². The van der Waals surface area contributed by atoms with Crippen molar-refractivity contribution in [2.24, 2.45) is 0 Å². The zero-order valence-electron chi connectivity index (χ0n) is 7.39. The van der Waals surface area contributed by atoms with Crippen molar-refractivity contribution in [1.29, 1.82) is 0 Å². The van der Waals surface area contributed by atoms with E-state index in [1.165, 1.54) is 12.8 Å². The maximum Gasteiger partial charge on any atom is 0.106 e. The Morgan fingerprint density at radius 2 is 2.45 bits per heavy atom. The van der Waals surface area contributed by atoms with E-state index in [1.54, 1.807) is 0 Å². The van der Waals surface area contributed by atoms with Gasteiger partial charge in [-0.3, -0.25) is 0 Å². The van der Waals surface area contributed by atoms with E-state index >= 15 is 0 Å². The molecule has 64 valence electrons. The molecule has 11 heavy (non-hydrogen) atoms. The number of rotatable bonds is 3. The largest absolute Gasteiger partial charge is 0.497 e. The lowest BCUT2D eigenvalue weighted by molar-refractivity contribution is 0.185. The van der Waals surface area contributed by atoms with E-state index in [1.807, 2.05) is 0 Å².